The largest absolute Gasteiger partial charge is 0.481 e. The van der Waals surface area contributed by atoms with Crippen molar-refractivity contribution in [1.29, 1.82) is 0 Å². The van der Waals surface area contributed by atoms with Gasteiger partial charge >= 0.3 is 5.97 Å². The number of nitrogens with one attached hydrogen (secondary N) is 1. The number of hydrogen-bond donors (Lipinski definition) is 2. The predicted octanol–water partition coefficient (Wildman–Crippen LogP) is 0.945. The number of carboxylic acid groups (broad SMARTS) is 1. The highest BCUT2D eigenvalue weighted by Gasteiger charge is 2.34. The van der Waals surface area contributed by atoms with Crippen LogP contribution in [0.4, 0.5) is 0 Å². The second kappa shape index (κ2) is 6.18. The molecule has 0 saturated carbocycles. The Morgan fingerprint density at radius 3 is 2.56 bits per heavy atom. The molecule has 0 radical (unpaired) electrons. The second-order valence-electron chi connectivity index (χ2n) is 5.91. The van der Waals surface area contributed by atoms with E-state index in [1.165, 1.54) is 0 Å². The topological polar surface area (TPSA) is 69.6 Å². The van der Waals surface area contributed by atoms with E-state index in [9.17, 15) is 9.59 Å². The Labute approximate surface area is 109 Å². The number of carbonyl (C=O) groups is 2. The van der Waals surface area contributed by atoms with Crippen LogP contribution in [-0.4, -0.2) is 48.6 Å². The molecule has 0 aromatic rings. The van der Waals surface area contributed by atoms with Gasteiger partial charge in [0.2, 0.25) is 5.91 Å². The van der Waals surface area contributed by atoms with Crippen molar-refractivity contribution >= 4 is 11.9 Å². The highest BCUT2D eigenvalue weighted by atomic mass is 16.4. The number of likely N-dealkylation sites (tertiary alicyclic amines) is 1. The van der Waals surface area contributed by atoms with Crippen molar-refractivity contribution in [2.45, 2.75) is 33.1 Å². The van der Waals surface area contributed by atoms with Crippen molar-refractivity contribution in [3.05, 3.63) is 0 Å². The van der Waals surface area contributed by atoms with Crippen LogP contribution in [0.25, 0.3) is 0 Å². The maximum atomic E-state index is 11.5. The number of nitrogens with zero attached hydrogens (tertiary/aromatic N) is 1. The van der Waals surface area contributed by atoms with E-state index in [0.29, 0.717) is 12.5 Å². The van der Waals surface area contributed by atoms with E-state index < -0.39 is 5.97 Å². The maximum absolute atomic E-state index is 11.5. The van der Waals surface area contributed by atoms with Gasteiger partial charge < -0.3 is 15.3 Å². The number of carboxylic acids is 1. The normalized spacial score (nSPS) is 20.9. The molecule has 0 spiro atoms. The number of carbonyl (C=O) groups excluding carboxylic acids is 1. The van der Waals surface area contributed by atoms with E-state index >= 15 is 0 Å². The Hall–Kier alpha value is -1.10. The van der Waals surface area contributed by atoms with Crippen LogP contribution in [0, 0.1) is 11.3 Å². The van der Waals surface area contributed by atoms with Crippen LogP contribution in [-0.2, 0) is 9.59 Å². The molecule has 1 atom stereocenters. The van der Waals surface area contributed by atoms with Gasteiger partial charge in [-0.05, 0) is 31.3 Å². The summed E-state index contributed by atoms with van der Waals surface area (Å²) in [7, 11) is 2.11. The minimum Gasteiger partial charge on any atom is -0.481 e. The van der Waals surface area contributed by atoms with Crippen molar-refractivity contribution in [1.82, 2.24) is 10.2 Å². The molecule has 5 heteroatoms. The lowest BCUT2D eigenvalue weighted by atomic mass is 9.78. The van der Waals surface area contributed by atoms with Gasteiger partial charge in [0.05, 0.1) is 6.42 Å². The molecule has 1 amide bonds. The standard InChI is InChI=1S/C13H24N2O3/c1-13(2,10-6-7-15(3)8-10)9-14-11(16)4-5-12(17)18/h10H,4-9H2,1-3H3,(H,14,16)(H,17,18). The van der Waals surface area contributed by atoms with Gasteiger partial charge in [0.1, 0.15) is 0 Å². The summed E-state index contributed by atoms with van der Waals surface area (Å²) < 4.78 is 0. The highest BCUT2D eigenvalue weighted by molar-refractivity contribution is 5.80. The number of rotatable bonds is 6. The fraction of sp³-hybridized carbons (Fsp3) is 0.846. The SMILES string of the molecule is CN1CCC(C(C)(C)CNC(=O)CCC(=O)O)C1. The van der Waals surface area contributed by atoms with Crippen LogP contribution in [0.3, 0.4) is 0 Å². The first-order chi connectivity index (χ1) is 8.31. The zero-order valence-corrected chi connectivity index (χ0v) is 11.5. The lowest BCUT2D eigenvalue weighted by Gasteiger charge is -2.31. The van der Waals surface area contributed by atoms with Gasteiger partial charge in [-0.25, -0.2) is 0 Å². The summed E-state index contributed by atoms with van der Waals surface area (Å²) in [5.74, 6) is -0.513. The van der Waals surface area contributed by atoms with Gasteiger partial charge in [-0.3, -0.25) is 9.59 Å². The molecule has 1 saturated heterocycles. The molecule has 5 nitrogen and oxygen atoms in total. The molecule has 104 valence electrons. The van der Waals surface area contributed by atoms with Crippen LogP contribution in [0.5, 0.6) is 0 Å². The molecule has 0 aromatic heterocycles. The van der Waals surface area contributed by atoms with Crippen molar-refractivity contribution in [3.63, 3.8) is 0 Å². The lowest BCUT2D eigenvalue weighted by Crippen LogP contribution is -2.39. The Kier molecular flexibility index (Phi) is 5.14. The van der Waals surface area contributed by atoms with E-state index in [0.717, 1.165) is 19.5 Å². The summed E-state index contributed by atoms with van der Waals surface area (Å²) in [4.78, 5) is 24.2. The third-order valence-electron chi connectivity index (χ3n) is 3.80. The van der Waals surface area contributed by atoms with Gasteiger partial charge in [0.15, 0.2) is 0 Å². The van der Waals surface area contributed by atoms with E-state index in [1.54, 1.807) is 0 Å². The molecule has 1 rings (SSSR count). The van der Waals surface area contributed by atoms with E-state index in [1.807, 2.05) is 0 Å². The van der Waals surface area contributed by atoms with Gasteiger partial charge in [-0.1, -0.05) is 13.8 Å². The first-order valence-corrected chi connectivity index (χ1v) is 6.48. The summed E-state index contributed by atoms with van der Waals surface area (Å²) >= 11 is 0. The number of hydrogen-bond acceptors (Lipinski definition) is 3. The lowest BCUT2D eigenvalue weighted by molar-refractivity contribution is -0.138. The summed E-state index contributed by atoms with van der Waals surface area (Å²) in [6.45, 7) is 7.12. The third kappa shape index (κ3) is 4.64. The monoisotopic (exact) mass is 256 g/mol. The van der Waals surface area contributed by atoms with Crippen LogP contribution < -0.4 is 5.32 Å². The Morgan fingerprint density at radius 2 is 2.06 bits per heavy atom. The fourth-order valence-electron chi connectivity index (χ4n) is 2.35. The zero-order chi connectivity index (χ0) is 13.8. The van der Waals surface area contributed by atoms with Crippen molar-refractivity contribution < 1.29 is 14.7 Å². The molecular weight excluding hydrogens is 232 g/mol. The third-order valence-corrected chi connectivity index (χ3v) is 3.80. The van der Waals surface area contributed by atoms with Gasteiger partial charge in [0, 0.05) is 19.5 Å². The molecule has 0 aromatic carbocycles. The number of amides is 1. The van der Waals surface area contributed by atoms with E-state index in [4.69, 9.17) is 5.11 Å². The Balaban J connectivity index is 2.32. The van der Waals surface area contributed by atoms with Crippen LogP contribution in [0.2, 0.25) is 0 Å². The van der Waals surface area contributed by atoms with Crippen LogP contribution in [0.15, 0.2) is 0 Å². The van der Waals surface area contributed by atoms with Crippen LogP contribution in [0.1, 0.15) is 33.1 Å². The quantitative estimate of drug-likeness (QED) is 0.742. The average Bonchev–Trinajstić information content (AvgIpc) is 2.71. The molecule has 0 aliphatic carbocycles. The van der Waals surface area contributed by atoms with Crippen molar-refractivity contribution in [3.8, 4) is 0 Å². The molecule has 1 unspecified atom stereocenters. The minimum atomic E-state index is -0.929. The summed E-state index contributed by atoms with van der Waals surface area (Å²) in [6, 6.07) is 0. The molecule has 2 N–H and O–H groups in total. The first kappa shape index (κ1) is 15.0. The number of aliphatic carboxylic acids is 1. The molecule has 18 heavy (non-hydrogen) atoms. The van der Waals surface area contributed by atoms with E-state index in [2.05, 4.69) is 31.1 Å². The smallest absolute Gasteiger partial charge is 0.303 e. The minimum absolute atomic E-state index is 0.0592. The van der Waals surface area contributed by atoms with Crippen molar-refractivity contribution in [2.75, 3.05) is 26.7 Å². The summed E-state index contributed by atoms with van der Waals surface area (Å²) in [5, 5.41) is 11.4. The molecule has 1 aliphatic heterocycles. The molecule has 1 fully saturated rings. The predicted molar refractivity (Wildman–Crippen MR) is 69.3 cm³/mol. The average molecular weight is 256 g/mol. The van der Waals surface area contributed by atoms with Gasteiger partial charge in [0.25, 0.3) is 0 Å². The molecule has 0 bridgehead atoms. The fourth-order valence-corrected chi connectivity index (χ4v) is 2.35. The summed E-state index contributed by atoms with van der Waals surface area (Å²) in [5.41, 5.74) is 0.0592. The zero-order valence-electron chi connectivity index (χ0n) is 11.5. The summed E-state index contributed by atoms with van der Waals surface area (Å²) in [6.07, 6.45) is 1.13. The first-order valence-electron chi connectivity index (χ1n) is 6.48. The second-order valence-corrected chi connectivity index (χ2v) is 5.91. The van der Waals surface area contributed by atoms with E-state index in [-0.39, 0.29) is 24.2 Å². The van der Waals surface area contributed by atoms with Crippen LogP contribution >= 0.6 is 0 Å². The van der Waals surface area contributed by atoms with Crippen molar-refractivity contribution in [2.24, 2.45) is 11.3 Å². The highest BCUT2D eigenvalue weighted by Crippen LogP contribution is 2.33. The van der Waals surface area contributed by atoms with Gasteiger partial charge in [-0.15, -0.1) is 0 Å². The Bertz CT molecular complexity index is 315. The maximum Gasteiger partial charge on any atom is 0.303 e. The Morgan fingerprint density at radius 1 is 1.39 bits per heavy atom. The molecular formula is C13H24N2O3. The van der Waals surface area contributed by atoms with Gasteiger partial charge in [-0.2, -0.15) is 0 Å². The molecule has 1 heterocycles. The molecule has 1 aliphatic rings.